The van der Waals surface area contributed by atoms with Gasteiger partial charge in [0.15, 0.2) is 11.6 Å². The number of anilines is 1. The van der Waals surface area contributed by atoms with Crippen molar-refractivity contribution >= 4 is 33.1 Å². The summed E-state index contributed by atoms with van der Waals surface area (Å²) in [4.78, 5) is 16.2. The largest absolute Gasteiger partial charge is 0.483 e. The lowest BCUT2D eigenvalue weighted by Gasteiger charge is -2.08. The molecule has 4 rings (SSSR count). The molecule has 0 atom stereocenters. The lowest BCUT2D eigenvalue weighted by Crippen LogP contribution is -2.20. The lowest BCUT2D eigenvalue weighted by atomic mass is 10.1. The number of carbonyl (C=O) groups excluding carboxylic acids is 1. The molecule has 4 aromatic rings. The van der Waals surface area contributed by atoms with Crippen LogP contribution in [0.25, 0.3) is 21.3 Å². The van der Waals surface area contributed by atoms with Gasteiger partial charge in [0.05, 0.1) is 0 Å². The van der Waals surface area contributed by atoms with E-state index in [4.69, 9.17) is 4.74 Å². The SMILES string of the molecule is O=C(COc1cccc2ccccc12)Nc1nnc(-c2cccnc2)s1. The number of nitrogens with one attached hydrogen (secondary N) is 1. The van der Waals surface area contributed by atoms with Crippen LogP contribution in [0.15, 0.2) is 67.0 Å². The number of rotatable bonds is 5. The van der Waals surface area contributed by atoms with E-state index in [0.29, 0.717) is 15.9 Å². The fourth-order valence-electron chi connectivity index (χ4n) is 2.50. The number of aromatic nitrogens is 3. The van der Waals surface area contributed by atoms with Gasteiger partial charge in [0.1, 0.15) is 5.75 Å². The number of pyridine rings is 1. The Balaban J connectivity index is 1.41. The molecule has 6 nitrogen and oxygen atoms in total. The third-order valence-electron chi connectivity index (χ3n) is 3.69. The van der Waals surface area contributed by atoms with Gasteiger partial charge in [-0.05, 0) is 23.6 Å². The van der Waals surface area contributed by atoms with Crippen LogP contribution in [-0.4, -0.2) is 27.7 Å². The normalized spacial score (nSPS) is 10.6. The number of hydrogen-bond acceptors (Lipinski definition) is 6. The van der Waals surface area contributed by atoms with E-state index in [1.807, 2.05) is 54.6 Å². The van der Waals surface area contributed by atoms with E-state index >= 15 is 0 Å². The molecule has 0 radical (unpaired) electrons. The van der Waals surface area contributed by atoms with E-state index in [9.17, 15) is 4.79 Å². The second-order valence-electron chi connectivity index (χ2n) is 5.47. The van der Waals surface area contributed by atoms with Crippen LogP contribution in [0.4, 0.5) is 5.13 Å². The van der Waals surface area contributed by atoms with E-state index < -0.39 is 0 Å². The van der Waals surface area contributed by atoms with Gasteiger partial charge in [0.25, 0.3) is 5.91 Å². The molecule has 0 bridgehead atoms. The van der Waals surface area contributed by atoms with Gasteiger partial charge in [-0.25, -0.2) is 0 Å². The van der Waals surface area contributed by atoms with Crippen LogP contribution >= 0.6 is 11.3 Å². The maximum absolute atomic E-state index is 12.2. The molecular formula is C19H14N4O2S. The summed E-state index contributed by atoms with van der Waals surface area (Å²) >= 11 is 1.29. The van der Waals surface area contributed by atoms with Crippen molar-refractivity contribution in [2.45, 2.75) is 0 Å². The second kappa shape index (κ2) is 7.28. The maximum atomic E-state index is 12.2. The minimum Gasteiger partial charge on any atom is -0.483 e. The third kappa shape index (κ3) is 3.52. The Hall–Kier alpha value is -3.32. The summed E-state index contributed by atoms with van der Waals surface area (Å²) in [5, 5.41) is 13.9. The number of fused-ring (bicyclic) bond motifs is 1. The van der Waals surface area contributed by atoms with Crippen LogP contribution < -0.4 is 10.1 Å². The fraction of sp³-hybridized carbons (Fsp3) is 0.0526. The molecule has 0 saturated heterocycles. The Morgan fingerprint density at radius 3 is 2.81 bits per heavy atom. The highest BCUT2D eigenvalue weighted by atomic mass is 32.1. The van der Waals surface area contributed by atoms with Gasteiger partial charge >= 0.3 is 0 Å². The summed E-state index contributed by atoms with van der Waals surface area (Å²) in [6, 6.07) is 17.3. The van der Waals surface area contributed by atoms with Gasteiger partial charge in [-0.1, -0.05) is 47.7 Å². The quantitative estimate of drug-likeness (QED) is 0.585. The molecule has 1 N–H and O–H groups in total. The molecule has 26 heavy (non-hydrogen) atoms. The highest BCUT2D eigenvalue weighted by Crippen LogP contribution is 2.26. The summed E-state index contributed by atoms with van der Waals surface area (Å²) < 4.78 is 5.68. The summed E-state index contributed by atoms with van der Waals surface area (Å²) in [6.07, 6.45) is 3.40. The molecule has 1 amide bonds. The van der Waals surface area contributed by atoms with E-state index in [-0.39, 0.29) is 12.5 Å². The highest BCUT2D eigenvalue weighted by molar-refractivity contribution is 7.18. The highest BCUT2D eigenvalue weighted by Gasteiger charge is 2.11. The molecule has 2 aromatic carbocycles. The monoisotopic (exact) mass is 362 g/mol. The molecule has 0 aliphatic rings. The van der Waals surface area contributed by atoms with Crippen molar-refractivity contribution < 1.29 is 9.53 Å². The molecule has 0 aliphatic carbocycles. The smallest absolute Gasteiger partial charge is 0.264 e. The standard InChI is InChI=1S/C19H14N4O2S/c24-17(12-25-16-9-3-6-13-5-1-2-8-15(13)16)21-19-23-22-18(26-19)14-7-4-10-20-11-14/h1-11H,12H2,(H,21,23,24). The number of hydrogen-bond donors (Lipinski definition) is 1. The van der Waals surface area contributed by atoms with Crippen molar-refractivity contribution in [1.82, 2.24) is 15.2 Å². The Bertz CT molecular complexity index is 1040. The predicted molar refractivity (Wildman–Crippen MR) is 101 cm³/mol. The van der Waals surface area contributed by atoms with Gasteiger partial charge in [-0.15, -0.1) is 10.2 Å². The molecule has 0 saturated carbocycles. The first-order valence-corrected chi connectivity index (χ1v) is 8.75. The van der Waals surface area contributed by atoms with E-state index in [0.717, 1.165) is 16.3 Å². The molecule has 0 fully saturated rings. The van der Waals surface area contributed by atoms with E-state index in [2.05, 4.69) is 20.5 Å². The van der Waals surface area contributed by atoms with Crippen LogP contribution in [-0.2, 0) is 4.79 Å². The van der Waals surface area contributed by atoms with Crippen molar-refractivity contribution in [3.05, 3.63) is 67.0 Å². The van der Waals surface area contributed by atoms with Gasteiger partial charge in [0.2, 0.25) is 5.13 Å². The Labute approximate surface area is 153 Å². The van der Waals surface area contributed by atoms with Crippen LogP contribution in [0, 0.1) is 0 Å². The molecular weight excluding hydrogens is 348 g/mol. The molecule has 0 spiro atoms. The van der Waals surface area contributed by atoms with Crippen molar-refractivity contribution in [2.24, 2.45) is 0 Å². The summed E-state index contributed by atoms with van der Waals surface area (Å²) in [7, 11) is 0. The average Bonchev–Trinajstić information content (AvgIpc) is 3.15. The minimum absolute atomic E-state index is 0.101. The maximum Gasteiger partial charge on any atom is 0.264 e. The Morgan fingerprint density at radius 2 is 1.92 bits per heavy atom. The van der Waals surface area contributed by atoms with Crippen LogP contribution in [0.2, 0.25) is 0 Å². The molecule has 2 aromatic heterocycles. The van der Waals surface area contributed by atoms with Crippen molar-refractivity contribution in [3.8, 4) is 16.3 Å². The number of ether oxygens (including phenoxy) is 1. The Kier molecular flexibility index (Phi) is 4.53. The molecule has 7 heteroatoms. The first-order valence-electron chi connectivity index (χ1n) is 7.94. The first-order chi connectivity index (χ1) is 12.8. The summed E-state index contributed by atoms with van der Waals surface area (Å²) in [5.41, 5.74) is 0.859. The topological polar surface area (TPSA) is 77.0 Å². The molecule has 2 heterocycles. The minimum atomic E-state index is -0.285. The van der Waals surface area contributed by atoms with E-state index in [1.54, 1.807) is 12.4 Å². The van der Waals surface area contributed by atoms with E-state index in [1.165, 1.54) is 11.3 Å². The fourth-order valence-corrected chi connectivity index (χ4v) is 3.25. The van der Waals surface area contributed by atoms with Gasteiger partial charge in [0, 0.05) is 23.3 Å². The predicted octanol–water partition coefficient (Wildman–Crippen LogP) is 3.77. The third-order valence-corrected chi connectivity index (χ3v) is 4.58. The zero-order valence-electron chi connectivity index (χ0n) is 13.6. The summed E-state index contributed by atoms with van der Waals surface area (Å²) in [5.74, 6) is 0.387. The van der Waals surface area contributed by atoms with Crippen LogP contribution in [0.5, 0.6) is 5.75 Å². The molecule has 0 aliphatic heterocycles. The number of benzene rings is 2. The van der Waals surface area contributed by atoms with Crippen LogP contribution in [0.3, 0.4) is 0 Å². The van der Waals surface area contributed by atoms with Crippen LogP contribution in [0.1, 0.15) is 0 Å². The Morgan fingerprint density at radius 1 is 1.04 bits per heavy atom. The average molecular weight is 362 g/mol. The molecule has 128 valence electrons. The second-order valence-corrected chi connectivity index (χ2v) is 6.45. The zero-order chi connectivity index (χ0) is 17.8. The van der Waals surface area contributed by atoms with Crippen molar-refractivity contribution in [3.63, 3.8) is 0 Å². The number of amides is 1. The van der Waals surface area contributed by atoms with Gasteiger partial charge in [-0.2, -0.15) is 0 Å². The zero-order valence-corrected chi connectivity index (χ0v) is 14.4. The van der Waals surface area contributed by atoms with Crippen molar-refractivity contribution in [1.29, 1.82) is 0 Å². The van der Waals surface area contributed by atoms with Gasteiger partial charge in [-0.3, -0.25) is 15.1 Å². The van der Waals surface area contributed by atoms with Gasteiger partial charge < -0.3 is 4.74 Å². The van der Waals surface area contributed by atoms with Crippen molar-refractivity contribution in [2.75, 3.05) is 11.9 Å². The lowest BCUT2D eigenvalue weighted by molar-refractivity contribution is -0.118. The first kappa shape index (κ1) is 16.2. The molecule has 0 unspecified atom stereocenters. The summed E-state index contributed by atoms with van der Waals surface area (Å²) in [6.45, 7) is -0.101. The number of nitrogens with zero attached hydrogens (tertiary/aromatic N) is 3. The number of carbonyl (C=O) groups is 1.